The first-order valence-electron chi connectivity index (χ1n) is 7.42. The molecule has 1 saturated carbocycles. The van der Waals surface area contributed by atoms with Crippen molar-refractivity contribution in [3.8, 4) is 11.4 Å². The summed E-state index contributed by atoms with van der Waals surface area (Å²) in [6.45, 7) is 0.108. The van der Waals surface area contributed by atoms with Gasteiger partial charge in [0.25, 0.3) is 0 Å². The van der Waals surface area contributed by atoms with E-state index in [1.165, 1.54) is 12.1 Å². The average Bonchev–Trinajstić information content (AvgIpc) is 3.23. The Morgan fingerprint density at radius 3 is 2.40 bits per heavy atom. The second-order valence-electron chi connectivity index (χ2n) is 5.55. The zero-order valence-electron chi connectivity index (χ0n) is 12.8. The molecule has 0 unspecified atom stereocenters. The van der Waals surface area contributed by atoms with Crippen LogP contribution in [0.1, 0.15) is 24.3 Å². The summed E-state index contributed by atoms with van der Waals surface area (Å²) in [5, 5.41) is 8.32. The Bertz CT molecular complexity index is 782. The van der Waals surface area contributed by atoms with Crippen LogP contribution < -0.4 is 10.6 Å². The summed E-state index contributed by atoms with van der Waals surface area (Å²) < 4.78 is 41.5. The Hall–Kier alpha value is -2.91. The number of carbonyl (C=O) groups excluding carboxylic acids is 2. The molecule has 1 fully saturated rings. The minimum Gasteiger partial charge on any atom is -0.345 e. The Balaban J connectivity index is 1.57. The molecular weight excluding hydrogens is 341 g/mol. The lowest BCUT2D eigenvalue weighted by Gasteiger charge is -2.06. The van der Waals surface area contributed by atoms with E-state index in [-0.39, 0.29) is 18.4 Å². The lowest BCUT2D eigenvalue weighted by Crippen LogP contribution is -2.40. The smallest absolute Gasteiger partial charge is 0.345 e. The standard InChI is InChI=1S/C15H13F3N4O3/c16-15(17,18)14-21-11(22-25-14)9-3-1-8(2-4-9)7-19-12(23)13(24)20-10-5-6-10/h1-4,10H,5-7H2,(H,19,23)(H,20,24). The summed E-state index contributed by atoms with van der Waals surface area (Å²) in [5.74, 6) is -3.01. The van der Waals surface area contributed by atoms with E-state index in [1.807, 2.05) is 0 Å². The number of carbonyl (C=O) groups is 2. The van der Waals surface area contributed by atoms with Crippen molar-refractivity contribution in [2.75, 3.05) is 0 Å². The Labute approximate surface area is 139 Å². The maximum atomic E-state index is 12.4. The van der Waals surface area contributed by atoms with Gasteiger partial charge in [-0.2, -0.15) is 18.2 Å². The van der Waals surface area contributed by atoms with Gasteiger partial charge in [-0.25, -0.2) is 0 Å². The fourth-order valence-electron chi connectivity index (χ4n) is 1.97. The van der Waals surface area contributed by atoms with Crippen molar-refractivity contribution >= 4 is 11.8 Å². The summed E-state index contributed by atoms with van der Waals surface area (Å²) in [4.78, 5) is 26.4. The molecule has 0 bridgehead atoms. The Kier molecular flexibility index (Phi) is 4.43. The molecule has 1 aromatic heterocycles. The number of hydrogen-bond donors (Lipinski definition) is 2. The topological polar surface area (TPSA) is 97.1 Å². The summed E-state index contributed by atoms with van der Waals surface area (Å²) in [7, 11) is 0. The van der Waals surface area contributed by atoms with Crippen LogP contribution in [-0.2, 0) is 22.3 Å². The molecule has 1 aromatic carbocycles. The van der Waals surface area contributed by atoms with Crippen LogP contribution in [0.25, 0.3) is 11.4 Å². The van der Waals surface area contributed by atoms with Gasteiger partial charge in [0.1, 0.15) is 0 Å². The van der Waals surface area contributed by atoms with Crippen LogP contribution in [0.3, 0.4) is 0 Å². The summed E-state index contributed by atoms with van der Waals surface area (Å²) in [5.41, 5.74) is 0.997. The normalized spacial score (nSPS) is 14.2. The minimum atomic E-state index is -4.70. The van der Waals surface area contributed by atoms with Gasteiger partial charge >= 0.3 is 23.9 Å². The zero-order chi connectivity index (χ0) is 18.0. The molecule has 132 valence electrons. The van der Waals surface area contributed by atoms with Crippen LogP contribution in [0, 0.1) is 0 Å². The molecule has 2 amide bonds. The SMILES string of the molecule is O=C(NCc1ccc(-c2noc(C(F)(F)F)n2)cc1)C(=O)NC1CC1. The molecule has 3 rings (SSSR count). The lowest BCUT2D eigenvalue weighted by atomic mass is 10.1. The predicted octanol–water partition coefficient (Wildman–Crippen LogP) is 1.65. The lowest BCUT2D eigenvalue weighted by molar-refractivity contribution is -0.159. The number of rotatable bonds is 4. The molecule has 0 radical (unpaired) electrons. The van der Waals surface area contributed by atoms with Crippen LogP contribution in [0.15, 0.2) is 28.8 Å². The number of alkyl halides is 3. The predicted molar refractivity (Wildman–Crippen MR) is 77.7 cm³/mol. The summed E-state index contributed by atoms with van der Waals surface area (Å²) in [6, 6.07) is 6.25. The molecule has 2 aromatic rings. The third-order valence-corrected chi connectivity index (χ3v) is 3.45. The molecule has 7 nitrogen and oxygen atoms in total. The molecular formula is C15H13F3N4O3. The molecule has 0 saturated heterocycles. The number of hydrogen-bond acceptors (Lipinski definition) is 5. The number of halogens is 3. The van der Waals surface area contributed by atoms with Crippen molar-refractivity contribution < 1.29 is 27.3 Å². The van der Waals surface area contributed by atoms with Gasteiger partial charge < -0.3 is 15.2 Å². The number of benzene rings is 1. The fraction of sp³-hybridized carbons (Fsp3) is 0.333. The Morgan fingerprint density at radius 1 is 1.16 bits per heavy atom. The largest absolute Gasteiger partial charge is 0.471 e. The van der Waals surface area contributed by atoms with Crippen LogP contribution in [0.2, 0.25) is 0 Å². The van der Waals surface area contributed by atoms with Gasteiger partial charge in [0.2, 0.25) is 5.82 Å². The van der Waals surface area contributed by atoms with E-state index in [2.05, 4.69) is 25.3 Å². The molecule has 10 heteroatoms. The summed E-state index contributed by atoms with van der Waals surface area (Å²) in [6.07, 6.45) is -2.93. The zero-order valence-corrected chi connectivity index (χ0v) is 12.8. The highest BCUT2D eigenvalue weighted by Gasteiger charge is 2.38. The first-order valence-corrected chi connectivity index (χ1v) is 7.42. The van der Waals surface area contributed by atoms with E-state index in [9.17, 15) is 22.8 Å². The van der Waals surface area contributed by atoms with Gasteiger partial charge in [-0.15, -0.1) is 0 Å². The van der Waals surface area contributed by atoms with Crippen molar-refractivity contribution in [3.63, 3.8) is 0 Å². The Morgan fingerprint density at radius 2 is 1.84 bits per heavy atom. The molecule has 1 aliphatic carbocycles. The first-order chi connectivity index (χ1) is 11.8. The van der Waals surface area contributed by atoms with Gasteiger partial charge in [-0.1, -0.05) is 29.4 Å². The van der Waals surface area contributed by atoms with Gasteiger partial charge in [0, 0.05) is 18.2 Å². The highest BCUT2D eigenvalue weighted by Crippen LogP contribution is 2.29. The number of nitrogens with one attached hydrogen (secondary N) is 2. The van der Waals surface area contributed by atoms with Gasteiger partial charge in [0.15, 0.2) is 0 Å². The van der Waals surface area contributed by atoms with E-state index in [1.54, 1.807) is 12.1 Å². The van der Waals surface area contributed by atoms with Crippen molar-refractivity contribution in [2.45, 2.75) is 31.6 Å². The first kappa shape index (κ1) is 16.9. The number of amides is 2. The van der Waals surface area contributed by atoms with E-state index in [0.717, 1.165) is 12.8 Å². The molecule has 25 heavy (non-hydrogen) atoms. The highest BCUT2D eigenvalue weighted by atomic mass is 19.4. The third kappa shape index (κ3) is 4.34. The highest BCUT2D eigenvalue weighted by molar-refractivity contribution is 6.35. The monoisotopic (exact) mass is 354 g/mol. The minimum absolute atomic E-state index is 0.0917. The quantitative estimate of drug-likeness (QED) is 0.814. The number of nitrogens with zero attached hydrogens (tertiary/aromatic N) is 2. The van der Waals surface area contributed by atoms with Gasteiger partial charge in [-0.3, -0.25) is 9.59 Å². The van der Waals surface area contributed by atoms with Gasteiger partial charge in [0.05, 0.1) is 0 Å². The molecule has 1 heterocycles. The second kappa shape index (κ2) is 6.54. The van der Waals surface area contributed by atoms with E-state index >= 15 is 0 Å². The van der Waals surface area contributed by atoms with Crippen LogP contribution in [0.5, 0.6) is 0 Å². The van der Waals surface area contributed by atoms with Crippen LogP contribution >= 0.6 is 0 Å². The molecule has 1 aliphatic rings. The molecule has 0 aliphatic heterocycles. The van der Waals surface area contributed by atoms with Crippen molar-refractivity contribution in [3.05, 3.63) is 35.7 Å². The average molecular weight is 354 g/mol. The van der Waals surface area contributed by atoms with Gasteiger partial charge in [-0.05, 0) is 18.4 Å². The molecule has 0 spiro atoms. The van der Waals surface area contributed by atoms with Crippen molar-refractivity contribution in [2.24, 2.45) is 0 Å². The van der Waals surface area contributed by atoms with E-state index in [4.69, 9.17) is 0 Å². The summed E-state index contributed by atoms with van der Waals surface area (Å²) >= 11 is 0. The molecule has 2 N–H and O–H groups in total. The third-order valence-electron chi connectivity index (χ3n) is 3.45. The number of aromatic nitrogens is 2. The molecule has 0 atom stereocenters. The van der Waals surface area contributed by atoms with Crippen molar-refractivity contribution in [1.82, 2.24) is 20.8 Å². The maximum absolute atomic E-state index is 12.4. The van der Waals surface area contributed by atoms with Crippen molar-refractivity contribution in [1.29, 1.82) is 0 Å². The van der Waals surface area contributed by atoms with Crippen LogP contribution in [-0.4, -0.2) is 28.0 Å². The van der Waals surface area contributed by atoms with E-state index in [0.29, 0.717) is 11.1 Å². The van der Waals surface area contributed by atoms with Crippen LogP contribution in [0.4, 0.5) is 13.2 Å². The maximum Gasteiger partial charge on any atom is 0.471 e. The fourth-order valence-corrected chi connectivity index (χ4v) is 1.97. The second-order valence-corrected chi connectivity index (χ2v) is 5.55. The van der Waals surface area contributed by atoms with E-state index < -0.39 is 23.9 Å².